The van der Waals surface area contributed by atoms with E-state index >= 15 is 0 Å². The number of carboxylic acids is 1. The quantitative estimate of drug-likeness (QED) is 0.547. The Morgan fingerprint density at radius 1 is 1.32 bits per heavy atom. The second-order valence-corrected chi connectivity index (χ2v) is 5.09. The van der Waals surface area contributed by atoms with Crippen LogP contribution in [0.2, 0.25) is 0 Å². The van der Waals surface area contributed by atoms with E-state index in [9.17, 15) is 19.7 Å². The van der Waals surface area contributed by atoms with Crippen molar-refractivity contribution in [3.05, 3.63) is 39.9 Å². The molecule has 0 aliphatic heterocycles. The zero-order valence-electron chi connectivity index (χ0n) is 12.5. The number of carbonyl (C=O) groups excluding carboxylic acids is 1. The number of nitrogens with one attached hydrogen (secondary N) is 1. The molecule has 1 rings (SSSR count). The van der Waals surface area contributed by atoms with Gasteiger partial charge in [-0.25, -0.2) is 0 Å². The Morgan fingerprint density at radius 3 is 2.36 bits per heavy atom. The van der Waals surface area contributed by atoms with Crippen LogP contribution >= 0.6 is 0 Å². The molecule has 1 aromatic rings. The van der Waals surface area contributed by atoms with E-state index < -0.39 is 17.4 Å². The summed E-state index contributed by atoms with van der Waals surface area (Å²) >= 11 is 0. The van der Waals surface area contributed by atoms with Crippen LogP contribution in [0.5, 0.6) is 0 Å². The standard InChI is InChI=1S/C14H19N3O5/c1-10(2)16(9-13(18)15-7-14(19)20)8-11-3-5-12(6-4-11)17(21)22/h3-6,10H,7-9H2,1-2H3,(H,15,18)(H,19,20). The van der Waals surface area contributed by atoms with Crippen LogP contribution in [0.1, 0.15) is 19.4 Å². The summed E-state index contributed by atoms with van der Waals surface area (Å²) in [6.45, 7) is 3.91. The van der Waals surface area contributed by atoms with Gasteiger partial charge in [0, 0.05) is 24.7 Å². The van der Waals surface area contributed by atoms with Gasteiger partial charge in [-0.05, 0) is 19.4 Å². The van der Waals surface area contributed by atoms with Crippen molar-refractivity contribution in [2.75, 3.05) is 13.1 Å². The van der Waals surface area contributed by atoms with E-state index in [1.165, 1.54) is 12.1 Å². The molecule has 22 heavy (non-hydrogen) atoms. The second-order valence-electron chi connectivity index (χ2n) is 5.09. The zero-order valence-corrected chi connectivity index (χ0v) is 12.5. The Bertz CT molecular complexity index is 542. The molecule has 8 heteroatoms. The highest BCUT2D eigenvalue weighted by molar-refractivity contribution is 5.82. The van der Waals surface area contributed by atoms with Crippen molar-refractivity contribution in [3.8, 4) is 0 Å². The second kappa shape index (κ2) is 8.08. The highest BCUT2D eigenvalue weighted by Gasteiger charge is 2.15. The summed E-state index contributed by atoms with van der Waals surface area (Å²) in [4.78, 5) is 34.1. The van der Waals surface area contributed by atoms with Gasteiger partial charge in [0.05, 0.1) is 11.5 Å². The molecular weight excluding hydrogens is 290 g/mol. The molecule has 0 aromatic heterocycles. The molecule has 2 N–H and O–H groups in total. The van der Waals surface area contributed by atoms with Crippen molar-refractivity contribution < 1.29 is 19.6 Å². The number of non-ortho nitro benzene ring substituents is 1. The highest BCUT2D eigenvalue weighted by Crippen LogP contribution is 2.14. The van der Waals surface area contributed by atoms with Crippen LogP contribution < -0.4 is 5.32 Å². The van der Waals surface area contributed by atoms with Crippen LogP contribution in [0.25, 0.3) is 0 Å². The van der Waals surface area contributed by atoms with Crippen LogP contribution in [0.3, 0.4) is 0 Å². The van der Waals surface area contributed by atoms with Crippen molar-refractivity contribution >= 4 is 17.6 Å². The molecule has 0 aliphatic carbocycles. The van der Waals surface area contributed by atoms with Crippen LogP contribution in [0.4, 0.5) is 5.69 Å². The number of aliphatic carboxylic acids is 1. The lowest BCUT2D eigenvalue weighted by molar-refractivity contribution is -0.384. The number of rotatable bonds is 8. The monoisotopic (exact) mass is 309 g/mol. The molecule has 0 heterocycles. The average Bonchev–Trinajstić information content (AvgIpc) is 2.44. The highest BCUT2D eigenvalue weighted by atomic mass is 16.6. The Hall–Kier alpha value is -2.48. The van der Waals surface area contributed by atoms with E-state index in [0.29, 0.717) is 6.54 Å². The normalized spacial score (nSPS) is 10.7. The lowest BCUT2D eigenvalue weighted by Crippen LogP contribution is -2.41. The van der Waals surface area contributed by atoms with Gasteiger partial charge < -0.3 is 10.4 Å². The van der Waals surface area contributed by atoms with Gasteiger partial charge in [0.15, 0.2) is 0 Å². The van der Waals surface area contributed by atoms with Crippen molar-refractivity contribution in [1.29, 1.82) is 0 Å². The molecule has 0 fully saturated rings. The number of carbonyl (C=O) groups is 2. The Labute approximate surface area is 127 Å². The van der Waals surface area contributed by atoms with Gasteiger partial charge in [-0.1, -0.05) is 12.1 Å². The summed E-state index contributed by atoms with van der Waals surface area (Å²) in [6, 6.07) is 6.17. The first-order valence-electron chi connectivity index (χ1n) is 6.75. The number of hydrogen-bond acceptors (Lipinski definition) is 5. The predicted molar refractivity (Wildman–Crippen MR) is 79.3 cm³/mol. The van der Waals surface area contributed by atoms with Gasteiger partial charge in [0.25, 0.3) is 5.69 Å². The minimum absolute atomic E-state index is 0.0130. The number of amides is 1. The van der Waals surface area contributed by atoms with E-state index in [4.69, 9.17) is 5.11 Å². The fraction of sp³-hybridized carbons (Fsp3) is 0.429. The molecule has 0 unspecified atom stereocenters. The van der Waals surface area contributed by atoms with Crippen LogP contribution in [0, 0.1) is 10.1 Å². The maximum absolute atomic E-state index is 11.7. The third-order valence-electron chi connectivity index (χ3n) is 3.05. The van der Waals surface area contributed by atoms with E-state index in [2.05, 4.69) is 5.32 Å². The molecule has 120 valence electrons. The smallest absolute Gasteiger partial charge is 0.322 e. The maximum Gasteiger partial charge on any atom is 0.322 e. The van der Waals surface area contributed by atoms with Gasteiger partial charge >= 0.3 is 5.97 Å². The summed E-state index contributed by atoms with van der Waals surface area (Å²) in [5, 5.41) is 21.4. The number of carboxylic acid groups (broad SMARTS) is 1. The van der Waals surface area contributed by atoms with Crippen molar-refractivity contribution in [2.45, 2.75) is 26.4 Å². The first kappa shape index (κ1) is 17.6. The first-order chi connectivity index (χ1) is 10.3. The first-order valence-corrected chi connectivity index (χ1v) is 6.75. The van der Waals surface area contributed by atoms with Gasteiger partial charge in [-0.2, -0.15) is 0 Å². The summed E-state index contributed by atoms with van der Waals surface area (Å²) in [6.07, 6.45) is 0. The summed E-state index contributed by atoms with van der Waals surface area (Å²) < 4.78 is 0. The van der Waals surface area contributed by atoms with Crippen molar-refractivity contribution in [1.82, 2.24) is 10.2 Å². The minimum atomic E-state index is -1.10. The number of benzene rings is 1. The third kappa shape index (κ3) is 5.88. The van der Waals surface area contributed by atoms with Crippen molar-refractivity contribution in [3.63, 3.8) is 0 Å². The summed E-state index contributed by atoms with van der Waals surface area (Å²) in [5.41, 5.74) is 0.851. The molecule has 0 saturated heterocycles. The van der Waals surface area contributed by atoms with Crippen LogP contribution in [-0.4, -0.2) is 45.9 Å². The van der Waals surface area contributed by atoms with Crippen LogP contribution in [-0.2, 0) is 16.1 Å². The third-order valence-corrected chi connectivity index (χ3v) is 3.05. The molecular formula is C14H19N3O5. The Balaban J connectivity index is 2.65. The summed E-state index contributed by atoms with van der Waals surface area (Å²) in [7, 11) is 0. The lowest BCUT2D eigenvalue weighted by atomic mass is 10.1. The van der Waals surface area contributed by atoms with E-state index in [1.807, 2.05) is 18.7 Å². The lowest BCUT2D eigenvalue weighted by Gasteiger charge is -2.25. The fourth-order valence-electron chi connectivity index (χ4n) is 1.79. The van der Waals surface area contributed by atoms with E-state index in [1.54, 1.807) is 12.1 Å². The molecule has 1 aromatic carbocycles. The Kier molecular flexibility index (Phi) is 6.46. The molecule has 0 radical (unpaired) electrons. The van der Waals surface area contributed by atoms with E-state index in [0.717, 1.165) is 5.56 Å². The Morgan fingerprint density at radius 2 is 1.91 bits per heavy atom. The maximum atomic E-state index is 11.7. The van der Waals surface area contributed by atoms with Gasteiger partial charge in [0.2, 0.25) is 5.91 Å². The molecule has 0 bridgehead atoms. The molecule has 0 atom stereocenters. The van der Waals surface area contributed by atoms with Gasteiger partial charge in [-0.15, -0.1) is 0 Å². The molecule has 0 saturated carbocycles. The predicted octanol–water partition coefficient (Wildman–Crippen LogP) is 1.01. The largest absolute Gasteiger partial charge is 0.480 e. The number of nitro groups is 1. The minimum Gasteiger partial charge on any atom is -0.480 e. The number of hydrogen-bond donors (Lipinski definition) is 2. The van der Waals surface area contributed by atoms with Gasteiger partial charge in [-0.3, -0.25) is 24.6 Å². The topological polar surface area (TPSA) is 113 Å². The fourth-order valence-corrected chi connectivity index (χ4v) is 1.79. The van der Waals surface area contributed by atoms with Crippen molar-refractivity contribution in [2.24, 2.45) is 0 Å². The molecule has 0 spiro atoms. The molecule has 8 nitrogen and oxygen atoms in total. The molecule has 0 aliphatic rings. The zero-order chi connectivity index (χ0) is 16.7. The van der Waals surface area contributed by atoms with E-state index in [-0.39, 0.29) is 24.2 Å². The van der Waals surface area contributed by atoms with Crippen LogP contribution in [0.15, 0.2) is 24.3 Å². The SMILES string of the molecule is CC(C)N(CC(=O)NCC(=O)O)Cc1ccc([N+](=O)[O-])cc1. The summed E-state index contributed by atoms with van der Waals surface area (Å²) in [5.74, 6) is -1.47. The number of nitro benzene ring substituents is 1. The molecule has 1 amide bonds. The van der Waals surface area contributed by atoms with Gasteiger partial charge in [0.1, 0.15) is 6.54 Å². The number of nitrogens with zero attached hydrogens (tertiary/aromatic N) is 2. The average molecular weight is 309 g/mol.